The number of hydrogen-bond donors (Lipinski definition) is 1. The van der Waals surface area contributed by atoms with Crippen molar-refractivity contribution in [3.63, 3.8) is 0 Å². The Hall–Kier alpha value is -1.03. The summed E-state index contributed by atoms with van der Waals surface area (Å²) in [4.78, 5) is 8.31. The minimum Gasteiger partial charge on any atom is -0.386 e. The van der Waals surface area contributed by atoms with E-state index in [1.165, 1.54) is 0 Å². The molecule has 0 amide bonds. The third kappa shape index (κ3) is 1.21. The van der Waals surface area contributed by atoms with Gasteiger partial charge in [-0.15, -0.1) is 0 Å². The van der Waals surface area contributed by atoms with Crippen LogP contribution in [0, 0.1) is 0 Å². The molecule has 1 aromatic heterocycles. The van der Waals surface area contributed by atoms with E-state index in [1.54, 1.807) is 18.0 Å². The van der Waals surface area contributed by atoms with Gasteiger partial charge in [-0.05, 0) is 12.1 Å². The van der Waals surface area contributed by atoms with Crippen molar-refractivity contribution in [3.8, 4) is 0 Å². The third-order valence-corrected chi connectivity index (χ3v) is 2.40. The van der Waals surface area contributed by atoms with Crippen LogP contribution in [0.25, 0.3) is 0 Å². The van der Waals surface area contributed by atoms with Crippen molar-refractivity contribution in [2.45, 2.75) is 5.03 Å². The highest BCUT2D eigenvalue weighted by atomic mass is 32.2. The van der Waals surface area contributed by atoms with E-state index in [0.29, 0.717) is 5.84 Å². The van der Waals surface area contributed by atoms with Crippen molar-refractivity contribution >= 4 is 23.3 Å². The number of nitrogens with two attached hydrogens (primary N) is 1. The third-order valence-electron chi connectivity index (χ3n) is 1.37. The topological polar surface area (TPSA) is 51.3 Å². The molecule has 2 heterocycles. The maximum absolute atomic E-state index is 5.55. The Morgan fingerprint density at radius 3 is 3.36 bits per heavy atom. The molecule has 11 heavy (non-hydrogen) atoms. The molecule has 0 aliphatic carbocycles. The van der Waals surface area contributed by atoms with Crippen LogP contribution in [-0.2, 0) is 0 Å². The molecule has 0 fully saturated rings. The number of rotatable bonds is 0. The molecule has 1 aromatic rings. The SMILES string of the molecule is NC1=Nc2cccnc2SC1. The lowest BCUT2D eigenvalue weighted by atomic mass is 10.4. The van der Waals surface area contributed by atoms with E-state index in [-0.39, 0.29) is 0 Å². The van der Waals surface area contributed by atoms with Gasteiger partial charge < -0.3 is 5.73 Å². The van der Waals surface area contributed by atoms with E-state index in [9.17, 15) is 0 Å². The van der Waals surface area contributed by atoms with E-state index in [1.807, 2.05) is 12.1 Å². The molecule has 0 spiro atoms. The fourth-order valence-corrected chi connectivity index (χ4v) is 1.65. The minimum absolute atomic E-state index is 0.676. The molecule has 0 aromatic carbocycles. The number of thioether (sulfide) groups is 1. The quantitative estimate of drug-likeness (QED) is 0.628. The molecule has 1 aliphatic heterocycles. The lowest BCUT2D eigenvalue weighted by Gasteiger charge is -2.09. The monoisotopic (exact) mass is 165 g/mol. The van der Waals surface area contributed by atoms with Crippen molar-refractivity contribution in [2.75, 3.05) is 5.75 Å². The van der Waals surface area contributed by atoms with Crippen molar-refractivity contribution in [1.82, 2.24) is 4.98 Å². The molecular weight excluding hydrogens is 158 g/mol. The molecule has 0 bridgehead atoms. The Morgan fingerprint density at radius 2 is 2.45 bits per heavy atom. The Labute approximate surface area is 68.7 Å². The first-order valence-electron chi connectivity index (χ1n) is 3.27. The Morgan fingerprint density at radius 1 is 1.55 bits per heavy atom. The Bertz CT molecular complexity index is 308. The van der Waals surface area contributed by atoms with E-state index in [2.05, 4.69) is 9.98 Å². The van der Waals surface area contributed by atoms with Gasteiger partial charge in [0.25, 0.3) is 0 Å². The van der Waals surface area contributed by atoms with Crippen LogP contribution in [-0.4, -0.2) is 16.6 Å². The highest BCUT2D eigenvalue weighted by Gasteiger charge is 2.09. The summed E-state index contributed by atoms with van der Waals surface area (Å²) in [6.45, 7) is 0. The van der Waals surface area contributed by atoms with Crippen molar-refractivity contribution in [2.24, 2.45) is 10.7 Å². The first kappa shape index (κ1) is 6.67. The Balaban J connectivity index is 2.51. The lowest BCUT2D eigenvalue weighted by Crippen LogP contribution is -2.16. The smallest absolute Gasteiger partial charge is 0.122 e. The number of pyridine rings is 1. The van der Waals surface area contributed by atoms with Crippen LogP contribution in [0.5, 0.6) is 0 Å². The van der Waals surface area contributed by atoms with Gasteiger partial charge in [0.1, 0.15) is 10.9 Å². The fraction of sp³-hybridized carbons (Fsp3) is 0.143. The summed E-state index contributed by atoms with van der Waals surface area (Å²) in [5, 5.41) is 0.974. The summed E-state index contributed by atoms with van der Waals surface area (Å²) in [5.74, 6) is 1.43. The largest absolute Gasteiger partial charge is 0.386 e. The molecule has 4 heteroatoms. The van der Waals surface area contributed by atoms with E-state index in [0.717, 1.165) is 16.5 Å². The molecule has 0 saturated heterocycles. The molecule has 2 rings (SSSR count). The van der Waals surface area contributed by atoms with Crippen LogP contribution < -0.4 is 5.73 Å². The lowest BCUT2D eigenvalue weighted by molar-refractivity contribution is 1.11. The second-order valence-corrected chi connectivity index (χ2v) is 3.18. The van der Waals surface area contributed by atoms with Gasteiger partial charge in [0.15, 0.2) is 0 Å². The zero-order valence-electron chi connectivity index (χ0n) is 5.82. The molecule has 1 aliphatic rings. The van der Waals surface area contributed by atoms with Crippen molar-refractivity contribution in [1.29, 1.82) is 0 Å². The molecule has 3 nitrogen and oxygen atoms in total. The average molecular weight is 165 g/mol. The maximum Gasteiger partial charge on any atom is 0.122 e. The van der Waals surface area contributed by atoms with Gasteiger partial charge in [0.2, 0.25) is 0 Å². The second kappa shape index (κ2) is 2.54. The summed E-state index contributed by atoms with van der Waals surface area (Å²) < 4.78 is 0. The number of amidine groups is 1. The van der Waals surface area contributed by atoms with Gasteiger partial charge in [0, 0.05) is 6.20 Å². The summed E-state index contributed by atoms with van der Waals surface area (Å²) in [7, 11) is 0. The van der Waals surface area contributed by atoms with Crippen molar-refractivity contribution < 1.29 is 0 Å². The number of aliphatic imine (C=N–C) groups is 1. The minimum atomic E-state index is 0.676. The molecule has 2 N–H and O–H groups in total. The molecule has 0 saturated carbocycles. The first-order chi connectivity index (χ1) is 5.36. The molecule has 56 valence electrons. The van der Waals surface area contributed by atoms with Gasteiger partial charge in [0.05, 0.1) is 11.4 Å². The predicted octanol–water partition coefficient (Wildman–Crippen LogP) is 1.18. The van der Waals surface area contributed by atoms with Gasteiger partial charge in [-0.3, -0.25) is 0 Å². The molecule has 0 unspecified atom stereocenters. The van der Waals surface area contributed by atoms with Crippen LogP contribution in [0.4, 0.5) is 5.69 Å². The van der Waals surface area contributed by atoms with Gasteiger partial charge in [-0.2, -0.15) is 0 Å². The summed E-state index contributed by atoms with van der Waals surface area (Å²) in [6.07, 6.45) is 1.77. The van der Waals surface area contributed by atoms with Gasteiger partial charge in [-0.25, -0.2) is 9.98 Å². The number of fused-ring (bicyclic) bond motifs is 1. The molecular formula is C7H7N3S. The standard InChI is InChI=1S/C7H7N3S/c8-6-4-11-7-5(10-6)2-1-3-9-7/h1-3H,4H2,(H2,8,10). The van der Waals surface area contributed by atoms with E-state index < -0.39 is 0 Å². The summed E-state index contributed by atoms with van der Waals surface area (Å²) in [5.41, 5.74) is 6.44. The number of hydrogen-bond acceptors (Lipinski definition) is 4. The van der Waals surface area contributed by atoms with Crippen LogP contribution in [0.2, 0.25) is 0 Å². The zero-order valence-corrected chi connectivity index (χ0v) is 6.64. The van der Waals surface area contributed by atoms with Crippen LogP contribution >= 0.6 is 11.8 Å². The highest BCUT2D eigenvalue weighted by Crippen LogP contribution is 2.30. The van der Waals surface area contributed by atoms with Crippen LogP contribution in [0.1, 0.15) is 0 Å². The van der Waals surface area contributed by atoms with E-state index in [4.69, 9.17) is 5.73 Å². The van der Waals surface area contributed by atoms with Crippen molar-refractivity contribution in [3.05, 3.63) is 18.3 Å². The van der Waals surface area contributed by atoms with E-state index >= 15 is 0 Å². The van der Waals surface area contributed by atoms with Gasteiger partial charge in [-0.1, -0.05) is 11.8 Å². The maximum atomic E-state index is 5.55. The summed E-state index contributed by atoms with van der Waals surface area (Å²) >= 11 is 1.63. The molecule has 0 atom stereocenters. The fourth-order valence-electron chi connectivity index (χ4n) is 0.908. The molecule has 0 radical (unpaired) electrons. The zero-order chi connectivity index (χ0) is 7.68. The second-order valence-electron chi connectivity index (χ2n) is 2.22. The predicted molar refractivity (Wildman–Crippen MR) is 46.2 cm³/mol. The average Bonchev–Trinajstić information content (AvgIpc) is 2.04. The van der Waals surface area contributed by atoms with Crippen LogP contribution in [0.3, 0.4) is 0 Å². The summed E-state index contributed by atoms with van der Waals surface area (Å²) in [6, 6.07) is 3.78. The first-order valence-corrected chi connectivity index (χ1v) is 4.25. The van der Waals surface area contributed by atoms with Gasteiger partial charge >= 0.3 is 0 Å². The van der Waals surface area contributed by atoms with Crippen LogP contribution in [0.15, 0.2) is 28.3 Å². The number of aromatic nitrogens is 1. The normalized spacial score (nSPS) is 15.5. The number of nitrogens with zero attached hydrogens (tertiary/aromatic N) is 2. The highest BCUT2D eigenvalue weighted by molar-refractivity contribution is 8.00. The Kier molecular flexibility index (Phi) is 1.54.